The first-order chi connectivity index (χ1) is 16.1. The molecular formula is C27H33F2N3O2. The highest BCUT2D eigenvalue weighted by Crippen LogP contribution is 2.65. The Morgan fingerprint density at radius 1 is 1.18 bits per heavy atom. The van der Waals surface area contributed by atoms with Crippen molar-refractivity contribution in [3.05, 3.63) is 65.2 Å². The van der Waals surface area contributed by atoms with E-state index in [-0.39, 0.29) is 24.3 Å². The van der Waals surface area contributed by atoms with Gasteiger partial charge in [0, 0.05) is 36.0 Å². The lowest BCUT2D eigenvalue weighted by Crippen LogP contribution is -2.43. The summed E-state index contributed by atoms with van der Waals surface area (Å²) in [5.41, 5.74) is 2.58. The Kier molecular flexibility index (Phi) is 6.76. The van der Waals surface area contributed by atoms with Crippen LogP contribution in [-0.2, 0) is 22.4 Å². The molecule has 182 valence electrons. The monoisotopic (exact) mass is 469 g/mol. The van der Waals surface area contributed by atoms with Crippen molar-refractivity contribution in [1.29, 1.82) is 0 Å². The van der Waals surface area contributed by atoms with Gasteiger partial charge in [0.1, 0.15) is 0 Å². The zero-order chi connectivity index (χ0) is 24.5. The number of fused-ring (bicyclic) bond motifs is 1. The molecule has 1 heterocycles. The lowest BCUT2D eigenvalue weighted by molar-refractivity contribution is -0.124. The maximum Gasteiger partial charge on any atom is 0.251 e. The first kappa shape index (κ1) is 24.3. The van der Waals surface area contributed by atoms with E-state index in [0.717, 1.165) is 29.3 Å². The highest BCUT2D eigenvalue weighted by atomic mass is 19.3. The summed E-state index contributed by atoms with van der Waals surface area (Å²) in [5.74, 6) is -3.57. The van der Waals surface area contributed by atoms with Crippen LogP contribution in [0.25, 0.3) is 0 Å². The number of nitrogens with one attached hydrogen (secondary N) is 2. The number of rotatable bonds is 10. The first-order valence-electron chi connectivity index (χ1n) is 11.9. The van der Waals surface area contributed by atoms with Gasteiger partial charge in [0.2, 0.25) is 11.8 Å². The van der Waals surface area contributed by atoms with Crippen LogP contribution >= 0.6 is 0 Å². The lowest BCUT2D eigenvalue weighted by atomic mass is 9.77. The number of likely N-dealkylation sites (N-methyl/N-ethyl adjacent to an activating group) is 1. The van der Waals surface area contributed by atoms with Crippen LogP contribution in [0.4, 0.5) is 14.5 Å². The molecule has 4 rings (SSSR count). The van der Waals surface area contributed by atoms with Gasteiger partial charge in [-0.2, -0.15) is 0 Å². The molecule has 0 aromatic heterocycles. The summed E-state index contributed by atoms with van der Waals surface area (Å²) < 4.78 is 29.1. The number of carbonyl (C=O) groups is 2. The Morgan fingerprint density at radius 2 is 1.88 bits per heavy atom. The van der Waals surface area contributed by atoms with Gasteiger partial charge in [-0.1, -0.05) is 42.5 Å². The maximum absolute atomic E-state index is 14.6. The van der Waals surface area contributed by atoms with E-state index in [0.29, 0.717) is 32.2 Å². The van der Waals surface area contributed by atoms with E-state index in [9.17, 15) is 18.4 Å². The number of alkyl halides is 2. The molecule has 2 aromatic rings. The van der Waals surface area contributed by atoms with Crippen molar-refractivity contribution in [1.82, 2.24) is 10.2 Å². The molecule has 2 aromatic carbocycles. The summed E-state index contributed by atoms with van der Waals surface area (Å²) in [7, 11) is 3.91. The van der Waals surface area contributed by atoms with Crippen LogP contribution in [0, 0.1) is 5.41 Å². The molecule has 0 spiro atoms. The molecule has 0 radical (unpaired) electrons. The number of carbonyl (C=O) groups excluding carboxylic acids is 2. The second-order valence-electron chi connectivity index (χ2n) is 10.1. The Labute approximate surface area is 199 Å². The standard InChI is InChI=1S/C27H33F2N3O2/c1-26(28,29)27(11-12-27)22(19-7-5-4-6-8-19)16-24(33)30-17-21(32(2)3)14-18-9-10-23-20(13-18)15-25(34)31-23/h4-10,13,21-22H,11-12,14-17H2,1-3H3,(H,30,33)(H,31,34)/t21-,22-/m0/s1. The van der Waals surface area contributed by atoms with Crippen LogP contribution in [0.15, 0.2) is 48.5 Å². The molecule has 2 N–H and O–H groups in total. The minimum absolute atomic E-state index is 0.00244. The van der Waals surface area contributed by atoms with E-state index in [2.05, 4.69) is 10.6 Å². The Balaban J connectivity index is 1.41. The molecule has 1 aliphatic carbocycles. The summed E-state index contributed by atoms with van der Waals surface area (Å²) in [4.78, 5) is 26.7. The molecule has 2 amide bonds. The minimum atomic E-state index is -2.84. The Morgan fingerprint density at radius 3 is 2.50 bits per heavy atom. The lowest BCUT2D eigenvalue weighted by Gasteiger charge is -2.32. The molecule has 34 heavy (non-hydrogen) atoms. The van der Waals surface area contributed by atoms with Gasteiger partial charge < -0.3 is 15.5 Å². The second kappa shape index (κ2) is 9.45. The van der Waals surface area contributed by atoms with Gasteiger partial charge in [-0.15, -0.1) is 0 Å². The van der Waals surface area contributed by atoms with E-state index in [4.69, 9.17) is 0 Å². The predicted molar refractivity (Wildman–Crippen MR) is 129 cm³/mol. The number of benzene rings is 2. The fraction of sp³-hybridized carbons (Fsp3) is 0.481. The normalized spacial score (nSPS) is 18.2. The van der Waals surface area contributed by atoms with Crippen molar-refractivity contribution in [3.63, 3.8) is 0 Å². The molecule has 0 saturated heterocycles. The molecule has 0 unspecified atom stereocenters. The number of hydrogen-bond acceptors (Lipinski definition) is 3. The Bertz CT molecular complexity index is 1050. The molecule has 0 bridgehead atoms. The zero-order valence-electron chi connectivity index (χ0n) is 20.0. The van der Waals surface area contributed by atoms with E-state index in [1.165, 1.54) is 0 Å². The number of amides is 2. The van der Waals surface area contributed by atoms with Gasteiger partial charge >= 0.3 is 0 Å². The largest absolute Gasteiger partial charge is 0.355 e. The van der Waals surface area contributed by atoms with Gasteiger partial charge in [0.05, 0.1) is 6.42 Å². The van der Waals surface area contributed by atoms with Crippen LogP contribution in [0.1, 0.15) is 48.8 Å². The minimum Gasteiger partial charge on any atom is -0.355 e. The van der Waals surface area contributed by atoms with E-state index in [1.807, 2.05) is 67.5 Å². The van der Waals surface area contributed by atoms with Gasteiger partial charge in [0.25, 0.3) is 5.92 Å². The molecule has 2 aliphatic rings. The van der Waals surface area contributed by atoms with Crippen LogP contribution in [0.3, 0.4) is 0 Å². The summed E-state index contributed by atoms with van der Waals surface area (Å²) >= 11 is 0. The number of anilines is 1. The SMILES string of the molecule is CN(C)[C@H](CNC(=O)C[C@@H](c1ccccc1)C1(C(C)(F)F)CC1)Cc1ccc2c(c1)CC(=O)N2. The fourth-order valence-electron chi connectivity index (χ4n) is 5.15. The summed E-state index contributed by atoms with van der Waals surface area (Å²) in [6, 6.07) is 15.2. The highest BCUT2D eigenvalue weighted by molar-refractivity contribution is 5.99. The molecule has 7 heteroatoms. The third-order valence-electron chi connectivity index (χ3n) is 7.45. The van der Waals surface area contributed by atoms with E-state index in [1.54, 1.807) is 0 Å². The third kappa shape index (κ3) is 5.14. The van der Waals surface area contributed by atoms with Crippen molar-refractivity contribution >= 4 is 17.5 Å². The quantitative estimate of drug-likeness (QED) is 0.543. The van der Waals surface area contributed by atoms with Gasteiger partial charge in [-0.3, -0.25) is 9.59 Å². The zero-order valence-corrected chi connectivity index (χ0v) is 20.0. The number of hydrogen-bond donors (Lipinski definition) is 2. The third-order valence-corrected chi connectivity index (χ3v) is 7.45. The summed E-state index contributed by atoms with van der Waals surface area (Å²) in [6.45, 7) is 1.40. The van der Waals surface area contributed by atoms with E-state index >= 15 is 0 Å². The summed E-state index contributed by atoms with van der Waals surface area (Å²) in [5, 5.41) is 5.84. The average Bonchev–Trinajstić information content (AvgIpc) is 3.51. The van der Waals surface area contributed by atoms with Crippen molar-refractivity contribution in [2.24, 2.45) is 5.41 Å². The van der Waals surface area contributed by atoms with Crippen molar-refractivity contribution in [3.8, 4) is 0 Å². The van der Waals surface area contributed by atoms with Crippen molar-refractivity contribution < 1.29 is 18.4 Å². The van der Waals surface area contributed by atoms with Gasteiger partial charge in [0.15, 0.2) is 0 Å². The molecular weight excluding hydrogens is 436 g/mol. The fourth-order valence-corrected chi connectivity index (χ4v) is 5.15. The molecule has 2 atom stereocenters. The van der Waals surface area contributed by atoms with Gasteiger partial charge in [-0.25, -0.2) is 8.78 Å². The average molecular weight is 470 g/mol. The molecule has 1 saturated carbocycles. The number of halogens is 2. The maximum atomic E-state index is 14.6. The van der Waals surface area contributed by atoms with Crippen molar-refractivity contribution in [2.75, 3.05) is 26.0 Å². The molecule has 1 fully saturated rings. The summed E-state index contributed by atoms with van der Waals surface area (Å²) in [6.07, 6.45) is 1.99. The Hall–Kier alpha value is -2.80. The van der Waals surface area contributed by atoms with E-state index < -0.39 is 17.3 Å². The van der Waals surface area contributed by atoms with Crippen LogP contribution in [0.2, 0.25) is 0 Å². The second-order valence-corrected chi connectivity index (χ2v) is 10.1. The van der Waals surface area contributed by atoms with Crippen molar-refractivity contribution in [2.45, 2.75) is 56.9 Å². The highest BCUT2D eigenvalue weighted by Gasteiger charge is 2.63. The topological polar surface area (TPSA) is 61.4 Å². The predicted octanol–water partition coefficient (Wildman–Crippen LogP) is 4.38. The van der Waals surface area contributed by atoms with Crippen LogP contribution < -0.4 is 10.6 Å². The first-order valence-corrected chi connectivity index (χ1v) is 11.9. The number of nitrogens with zero attached hydrogens (tertiary/aromatic N) is 1. The molecule has 5 nitrogen and oxygen atoms in total. The molecule has 1 aliphatic heterocycles. The van der Waals surface area contributed by atoms with Crippen LogP contribution in [-0.4, -0.2) is 49.3 Å². The smallest absolute Gasteiger partial charge is 0.251 e. The van der Waals surface area contributed by atoms with Gasteiger partial charge in [-0.05, 0) is 63.0 Å². The van der Waals surface area contributed by atoms with Crippen LogP contribution in [0.5, 0.6) is 0 Å².